The van der Waals surface area contributed by atoms with E-state index in [4.69, 9.17) is 18.9 Å². The minimum absolute atomic E-state index is 0.0531. The number of aromatic hydroxyl groups is 2. The molecule has 0 saturated heterocycles. The molecular weight excluding hydrogens is 412 g/mol. The second kappa shape index (κ2) is 8.34. The Hall–Kier alpha value is -3.72. The summed E-state index contributed by atoms with van der Waals surface area (Å²) in [6.07, 6.45) is 0. The summed E-state index contributed by atoms with van der Waals surface area (Å²) in [5.41, 5.74) is 1.48. The monoisotopic (exact) mass is 428 g/mol. The third-order valence-corrected chi connectivity index (χ3v) is 5.16. The van der Waals surface area contributed by atoms with Crippen LogP contribution in [0.15, 0.2) is 47.8 Å². The van der Waals surface area contributed by atoms with Crippen molar-refractivity contribution in [1.82, 2.24) is 0 Å². The van der Waals surface area contributed by atoms with Gasteiger partial charge in [-0.2, -0.15) is 0 Å². The average molecular weight is 428 g/mol. The zero-order chi connectivity index (χ0) is 21.1. The van der Waals surface area contributed by atoms with Gasteiger partial charge in [-0.25, -0.2) is 9.59 Å². The number of hydrogen-bond donors (Lipinski definition) is 2. The molecule has 0 spiro atoms. The summed E-state index contributed by atoms with van der Waals surface area (Å²) < 4.78 is 21.0. The van der Waals surface area contributed by atoms with E-state index in [0.717, 1.165) is 16.9 Å². The van der Waals surface area contributed by atoms with Crippen molar-refractivity contribution in [1.29, 1.82) is 0 Å². The molecule has 3 aromatic rings. The van der Waals surface area contributed by atoms with Crippen LogP contribution >= 0.6 is 11.3 Å². The van der Waals surface area contributed by atoms with Gasteiger partial charge in [0.15, 0.2) is 23.0 Å². The number of carbonyl (C=O) groups excluding carboxylic acids is 2. The maximum Gasteiger partial charge on any atom is 0.348 e. The van der Waals surface area contributed by atoms with Crippen LogP contribution in [0.5, 0.6) is 23.0 Å². The molecular formula is C21H16O8S. The molecule has 30 heavy (non-hydrogen) atoms. The van der Waals surface area contributed by atoms with Crippen molar-refractivity contribution in [2.75, 3.05) is 6.79 Å². The third kappa shape index (κ3) is 4.31. The topological polar surface area (TPSA) is 112 Å². The van der Waals surface area contributed by atoms with Crippen molar-refractivity contribution in [3.8, 4) is 23.0 Å². The Morgan fingerprint density at radius 2 is 1.57 bits per heavy atom. The van der Waals surface area contributed by atoms with Gasteiger partial charge in [0.25, 0.3) is 0 Å². The zero-order valence-corrected chi connectivity index (χ0v) is 16.3. The lowest BCUT2D eigenvalue weighted by Gasteiger charge is -2.05. The van der Waals surface area contributed by atoms with Crippen LogP contribution in [-0.2, 0) is 22.7 Å². The lowest BCUT2D eigenvalue weighted by Crippen LogP contribution is -2.05. The van der Waals surface area contributed by atoms with Gasteiger partial charge in [-0.15, -0.1) is 11.3 Å². The van der Waals surface area contributed by atoms with Crippen LogP contribution in [0.4, 0.5) is 0 Å². The summed E-state index contributed by atoms with van der Waals surface area (Å²) in [5.74, 6) is -0.479. The maximum atomic E-state index is 12.3. The van der Waals surface area contributed by atoms with E-state index in [1.54, 1.807) is 18.2 Å². The highest BCUT2D eigenvalue weighted by molar-refractivity contribution is 7.12. The molecule has 1 aromatic heterocycles. The van der Waals surface area contributed by atoms with Crippen molar-refractivity contribution >= 4 is 23.3 Å². The van der Waals surface area contributed by atoms with Crippen LogP contribution < -0.4 is 9.47 Å². The molecule has 2 aromatic carbocycles. The Bertz CT molecular complexity index is 1100. The Balaban J connectivity index is 1.31. The van der Waals surface area contributed by atoms with Gasteiger partial charge in [0, 0.05) is 5.38 Å². The standard InChI is InChI=1S/C21H16O8S/c22-15-3-1-12(5-16(15)23)8-26-20(24)14-7-19(30-10-14)21(25)27-9-13-2-4-17-18(6-13)29-11-28-17/h1-7,10,22-23H,8-9,11H2. The highest BCUT2D eigenvalue weighted by atomic mass is 32.1. The number of carbonyl (C=O) groups is 2. The predicted molar refractivity (Wildman–Crippen MR) is 105 cm³/mol. The molecule has 2 N–H and O–H groups in total. The minimum atomic E-state index is -0.617. The van der Waals surface area contributed by atoms with Crippen molar-refractivity contribution in [3.63, 3.8) is 0 Å². The molecule has 0 saturated carbocycles. The highest BCUT2D eigenvalue weighted by Gasteiger charge is 2.17. The molecule has 2 heterocycles. The number of benzene rings is 2. The molecule has 0 radical (unpaired) electrons. The largest absolute Gasteiger partial charge is 0.504 e. The van der Waals surface area contributed by atoms with Crippen LogP contribution in [0.1, 0.15) is 31.2 Å². The Labute approximate surface area is 174 Å². The zero-order valence-electron chi connectivity index (χ0n) is 15.5. The quantitative estimate of drug-likeness (QED) is 0.453. The second-order valence-corrected chi connectivity index (χ2v) is 7.27. The molecule has 0 amide bonds. The van der Waals surface area contributed by atoms with Gasteiger partial charge in [0.1, 0.15) is 18.1 Å². The molecule has 0 atom stereocenters. The number of hydrogen-bond acceptors (Lipinski definition) is 9. The van der Waals surface area contributed by atoms with E-state index in [1.807, 2.05) is 0 Å². The summed E-state index contributed by atoms with van der Waals surface area (Å²) in [4.78, 5) is 24.7. The first kappa shape index (κ1) is 19.6. The minimum Gasteiger partial charge on any atom is -0.504 e. The molecule has 8 nitrogen and oxygen atoms in total. The molecule has 9 heteroatoms. The molecule has 0 fully saturated rings. The van der Waals surface area contributed by atoms with Gasteiger partial charge in [0.05, 0.1) is 5.56 Å². The van der Waals surface area contributed by atoms with Crippen molar-refractivity contribution in [2.45, 2.75) is 13.2 Å². The van der Waals surface area contributed by atoms with Gasteiger partial charge in [-0.3, -0.25) is 0 Å². The molecule has 4 rings (SSSR count). The Morgan fingerprint density at radius 3 is 2.37 bits per heavy atom. The maximum absolute atomic E-state index is 12.3. The Kier molecular flexibility index (Phi) is 5.44. The van der Waals surface area contributed by atoms with Crippen molar-refractivity contribution < 1.29 is 38.7 Å². The second-order valence-electron chi connectivity index (χ2n) is 6.36. The smallest absolute Gasteiger partial charge is 0.348 e. The summed E-state index contributed by atoms with van der Waals surface area (Å²) in [6.45, 7) is 0.129. The fourth-order valence-electron chi connectivity index (χ4n) is 2.69. The van der Waals surface area contributed by atoms with E-state index < -0.39 is 11.9 Å². The van der Waals surface area contributed by atoms with Crippen LogP contribution in [-0.4, -0.2) is 28.9 Å². The predicted octanol–water partition coefficient (Wildman–Crippen LogP) is 3.60. The molecule has 1 aliphatic heterocycles. The van der Waals surface area contributed by atoms with E-state index in [9.17, 15) is 19.8 Å². The SMILES string of the molecule is O=C(OCc1ccc(O)c(O)c1)c1csc(C(=O)OCc2ccc3c(c2)OCO3)c1. The summed E-state index contributed by atoms with van der Waals surface area (Å²) >= 11 is 1.07. The molecule has 0 unspecified atom stereocenters. The number of ether oxygens (including phenoxy) is 4. The Morgan fingerprint density at radius 1 is 0.867 bits per heavy atom. The van der Waals surface area contributed by atoms with Crippen molar-refractivity contribution in [2.24, 2.45) is 0 Å². The van der Waals surface area contributed by atoms with Gasteiger partial charge in [0.2, 0.25) is 6.79 Å². The number of thiophene rings is 1. The van der Waals surface area contributed by atoms with Crippen LogP contribution in [0.2, 0.25) is 0 Å². The molecule has 1 aliphatic rings. The summed E-state index contributed by atoms with van der Waals surface area (Å²) in [5, 5.41) is 20.3. The number of phenols is 2. The molecule has 0 bridgehead atoms. The van der Waals surface area contributed by atoms with E-state index in [2.05, 4.69) is 0 Å². The van der Waals surface area contributed by atoms with Crippen LogP contribution in [0.25, 0.3) is 0 Å². The first-order chi connectivity index (χ1) is 14.5. The normalized spacial score (nSPS) is 11.9. The van der Waals surface area contributed by atoms with Crippen LogP contribution in [0, 0.1) is 0 Å². The summed E-state index contributed by atoms with van der Waals surface area (Å²) in [7, 11) is 0. The number of phenolic OH excluding ortho intramolecular Hbond substituents is 2. The number of rotatable bonds is 6. The fraction of sp³-hybridized carbons (Fsp3) is 0.143. The van der Waals surface area contributed by atoms with Crippen LogP contribution in [0.3, 0.4) is 0 Å². The lowest BCUT2D eigenvalue weighted by atomic mass is 10.2. The van der Waals surface area contributed by atoms with Crippen molar-refractivity contribution in [3.05, 3.63) is 69.4 Å². The third-order valence-electron chi connectivity index (χ3n) is 4.25. The molecule has 154 valence electrons. The van der Waals surface area contributed by atoms with E-state index in [0.29, 0.717) is 17.1 Å². The van der Waals surface area contributed by atoms with E-state index in [-0.39, 0.29) is 41.9 Å². The summed E-state index contributed by atoms with van der Waals surface area (Å²) in [6, 6.07) is 10.8. The number of esters is 2. The highest BCUT2D eigenvalue weighted by Crippen LogP contribution is 2.32. The van der Waals surface area contributed by atoms with E-state index >= 15 is 0 Å². The molecule has 0 aliphatic carbocycles. The fourth-order valence-corrected chi connectivity index (χ4v) is 3.46. The first-order valence-electron chi connectivity index (χ1n) is 8.82. The van der Waals surface area contributed by atoms with Gasteiger partial charge >= 0.3 is 11.9 Å². The van der Waals surface area contributed by atoms with Gasteiger partial charge < -0.3 is 29.2 Å². The van der Waals surface area contributed by atoms with E-state index in [1.165, 1.54) is 29.6 Å². The number of fused-ring (bicyclic) bond motifs is 1. The lowest BCUT2D eigenvalue weighted by molar-refractivity contribution is 0.0473. The first-order valence-corrected chi connectivity index (χ1v) is 9.70. The van der Waals surface area contributed by atoms with Gasteiger partial charge in [-0.05, 0) is 41.5 Å². The average Bonchev–Trinajstić information content (AvgIpc) is 3.42. The van der Waals surface area contributed by atoms with Gasteiger partial charge in [-0.1, -0.05) is 12.1 Å².